The topological polar surface area (TPSA) is 45.7 Å². The molecular weight excluding hydrogens is 381 g/mol. The first-order valence-corrected chi connectivity index (χ1v) is 8.94. The third-order valence-electron chi connectivity index (χ3n) is 4.95. The molecule has 0 radical (unpaired) electrons. The molecule has 1 aliphatic heterocycles. The molecule has 3 rings (SSSR count). The first-order valence-electron chi connectivity index (χ1n) is 8.53. The molecule has 1 aliphatic rings. The molecule has 0 aliphatic carbocycles. The number of likely N-dealkylation sites (tertiary alicyclic amines) is 1. The van der Waals surface area contributed by atoms with Crippen LogP contribution in [0.25, 0.3) is 0 Å². The summed E-state index contributed by atoms with van der Waals surface area (Å²) in [5.41, 5.74) is 1.00. The zero-order chi connectivity index (χ0) is 19.8. The SMILES string of the molecule is COc1ccc([C@@H]2CCC[NH+]2Cn2nc(C(F)(F)F)n(C)c2=S)c(OC)c1. The highest BCUT2D eigenvalue weighted by molar-refractivity contribution is 7.71. The maximum absolute atomic E-state index is 13.1. The Labute approximate surface area is 160 Å². The molecule has 2 atom stereocenters. The minimum absolute atomic E-state index is 0.0576. The van der Waals surface area contributed by atoms with Crippen LogP contribution in [0, 0.1) is 4.77 Å². The van der Waals surface area contributed by atoms with Crippen molar-refractivity contribution in [2.45, 2.75) is 31.7 Å². The van der Waals surface area contributed by atoms with Gasteiger partial charge in [0.05, 0.1) is 26.3 Å². The van der Waals surface area contributed by atoms with E-state index in [1.165, 1.54) is 11.7 Å². The number of hydrogen-bond acceptors (Lipinski definition) is 4. The Morgan fingerprint density at radius 1 is 1.30 bits per heavy atom. The van der Waals surface area contributed by atoms with Crippen LogP contribution in [0.1, 0.15) is 30.3 Å². The van der Waals surface area contributed by atoms with E-state index >= 15 is 0 Å². The molecule has 27 heavy (non-hydrogen) atoms. The van der Waals surface area contributed by atoms with Crippen LogP contribution in [0.2, 0.25) is 0 Å². The van der Waals surface area contributed by atoms with Gasteiger partial charge in [0.2, 0.25) is 10.6 Å². The maximum atomic E-state index is 13.1. The lowest BCUT2D eigenvalue weighted by atomic mass is 10.0. The number of methoxy groups -OCH3 is 2. The Balaban J connectivity index is 1.90. The van der Waals surface area contributed by atoms with E-state index in [4.69, 9.17) is 21.7 Å². The number of nitrogens with zero attached hydrogens (tertiary/aromatic N) is 3. The number of ether oxygens (including phenoxy) is 2. The molecule has 1 unspecified atom stereocenters. The van der Waals surface area contributed by atoms with E-state index in [-0.39, 0.29) is 17.5 Å². The van der Waals surface area contributed by atoms with Gasteiger partial charge in [0.15, 0.2) is 6.67 Å². The van der Waals surface area contributed by atoms with E-state index < -0.39 is 12.0 Å². The van der Waals surface area contributed by atoms with Crippen LogP contribution in [0.15, 0.2) is 18.2 Å². The first-order chi connectivity index (χ1) is 12.8. The highest BCUT2D eigenvalue weighted by Gasteiger charge is 2.39. The lowest BCUT2D eigenvalue weighted by Crippen LogP contribution is -3.09. The number of rotatable bonds is 5. The van der Waals surface area contributed by atoms with Crippen molar-refractivity contribution in [3.8, 4) is 11.5 Å². The van der Waals surface area contributed by atoms with E-state index in [1.807, 2.05) is 18.2 Å². The fourth-order valence-electron chi connectivity index (χ4n) is 3.61. The quantitative estimate of drug-likeness (QED) is 0.779. The first kappa shape index (κ1) is 19.7. The van der Waals surface area contributed by atoms with Gasteiger partial charge in [0, 0.05) is 26.0 Å². The van der Waals surface area contributed by atoms with Crippen LogP contribution < -0.4 is 14.4 Å². The predicted octanol–water partition coefficient (Wildman–Crippen LogP) is 2.36. The molecule has 148 valence electrons. The van der Waals surface area contributed by atoms with Crippen LogP contribution >= 0.6 is 12.2 Å². The van der Waals surface area contributed by atoms with E-state index in [0.717, 1.165) is 34.4 Å². The van der Waals surface area contributed by atoms with Crippen molar-refractivity contribution in [2.75, 3.05) is 20.8 Å². The van der Waals surface area contributed by atoms with E-state index in [0.29, 0.717) is 11.5 Å². The minimum Gasteiger partial charge on any atom is -0.497 e. The van der Waals surface area contributed by atoms with Gasteiger partial charge >= 0.3 is 6.18 Å². The molecule has 1 aromatic carbocycles. The third kappa shape index (κ3) is 3.81. The van der Waals surface area contributed by atoms with Crippen molar-refractivity contribution in [2.24, 2.45) is 7.05 Å². The fourth-order valence-corrected chi connectivity index (χ4v) is 3.80. The van der Waals surface area contributed by atoms with Gasteiger partial charge in [-0.25, -0.2) is 0 Å². The van der Waals surface area contributed by atoms with Crippen molar-refractivity contribution in [3.63, 3.8) is 0 Å². The Hall–Kier alpha value is -2.07. The molecule has 6 nitrogen and oxygen atoms in total. The maximum Gasteiger partial charge on any atom is 0.451 e. The average Bonchev–Trinajstić information content (AvgIpc) is 3.20. The molecule has 1 aromatic heterocycles. The van der Waals surface area contributed by atoms with E-state index in [1.54, 1.807) is 14.2 Å². The summed E-state index contributed by atoms with van der Waals surface area (Å²) >= 11 is 5.16. The Morgan fingerprint density at radius 3 is 2.63 bits per heavy atom. The fraction of sp³-hybridized carbons (Fsp3) is 0.529. The molecule has 1 fully saturated rings. The molecule has 1 N–H and O–H groups in total. The third-order valence-corrected chi connectivity index (χ3v) is 5.43. The van der Waals surface area contributed by atoms with Gasteiger partial charge in [-0.05, 0) is 24.4 Å². The van der Waals surface area contributed by atoms with Crippen LogP contribution in [0.3, 0.4) is 0 Å². The zero-order valence-corrected chi connectivity index (χ0v) is 16.2. The standard InChI is InChI=1S/C17H21F3N4O2S/c1-22-15(17(18,19)20)21-24(16(22)27)10-23-8-4-5-13(23)12-7-6-11(25-2)9-14(12)26-3/h6-7,9,13H,4-5,8,10H2,1-3H3/p+1/t13-/m0/s1. The smallest absolute Gasteiger partial charge is 0.451 e. The lowest BCUT2D eigenvalue weighted by Gasteiger charge is -2.23. The summed E-state index contributed by atoms with van der Waals surface area (Å²) in [5.74, 6) is 0.418. The number of hydrogen-bond donors (Lipinski definition) is 1. The average molecular weight is 403 g/mol. The zero-order valence-electron chi connectivity index (χ0n) is 15.3. The number of alkyl halides is 3. The summed E-state index contributed by atoms with van der Waals surface area (Å²) in [7, 11) is 4.47. The minimum atomic E-state index is -4.54. The van der Waals surface area contributed by atoms with E-state index in [9.17, 15) is 13.2 Å². The van der Waals surface area contributed by atoms with Gasteiger partial charge in [-0.15, -0.1) is 5.10 Å². The van der Waals surface area contributed by atoms with Gasteiger partial charge in [0.1, 0.15) is 17.5 Å². The summed E-state index contributed by atoms with van der Waals surface area (Å²) in [6, 6.07) is 5.72. The van der Waals surface area contributed by atoms with Crippen LogP contribution in [-0.2, 0) is 19.9 Å². The van der Waals surface area contributed by atoms with Gasteiger partial charge in [-0.1, -0.05) is 0 Å². The summed E-state index contributed by atoms with van der Waals surface area (Å²) < 4.78 is 52.2. The van der Waals surface area contributed by atoms with Crippen molar-refractivity contribution in [1.29, 1.82) is 0 Å². The van der Waals surface area contributed by atoms with Crippen molar-refractivity contribution in [1.82, 2.24) is 14.3 Å². The molecule has 0 amide bonds. The molecule has 10 heteroatoms. The predicted molar refractivity (Wildman–Crippen MR) is 94.4 cm³/mol. The van der Waals surface area contributed by atoms with Crippen molar-refractivity contribution in [3.05, 3.63) is 34.4 Å². The monoisotopic (exact) mass is 403 g/mol. The normalized spacial score (nSPS) is 20.1. The van der Waals surface area contributed by atoms with Gasteiger partial charge in [-0.2, -0.15) is 17.9 Å². The summed E-state index contributed by atoms with van der Waals surface area (Å²) in [5, 5.41) is 3.72. The Bertz CT molecular complexity index is 878. The summed E-state index contributed by atoms with van der Waals surface area (Å²) in [6.07, 6.45) is -2.67. The van der Waals surface area contributed by atoms with Crippen molar-refractivity contribution < 1.29 is 27.5 Å². The molecule has 0 bridgehead atoms. The van der Waals surface area contributed by atoms with Gasteiger partial charge in [0.25, 0.3) is 0 Å². The molecule has 1 saturated heterocycles. The van der Waals surface area contributed by atoms with Crippen LogP contribution in [0.4, 0.5) is 13.2 Å². The van der Waals surface area contributed by atoms with Crippen LogP contribution in [-0.4, -0.2) is 35.1 Å². The second-order valence-electron chi connectivity index (χ2n) is 6.53. The number of halogens is 3. The summed E-state index contributed by atoms with van der Waals surface area (Å²) in [4.78, 5) is 1.10. The highest BCUT2D eigenvalue weighted by Crippen LogP contribution is 2.32. The molecule has 2 aromatic rings. The second-order valence-corrected chi connectivity index (χ2v) is 6.90. The lowest BCUT2D eigenvalue weighted by molar-refractivity contribution is -0.941. The molecular formula is C17H22F3N4O2S+. The number of quaternary nitrogens is 1. The molecule has 0 spiro atoms. The van der Waals surface area contributed by atoms with Gasteiger partial charge < -0.3 is 14.4 Å². The number of aromatic nitrogens is 3. The van der Waals surface area contributed by atoms with E-state index in [2.05, 4.69) is 5.10 Å². The molecule has 2 heterocycles. The molecule has 0 saturated carbocycles. The van der Waals surface area contributed by atoms with Gasteiger partial charge in [-0.3, -0.25) is 4.57 Å². The second kappa shape index (κ2) is 7.51. The highest BCUT2D eigenvalue weighted by atomic mass is 32.1. The van der Waals surface area contributed by atoms with Crippen molar-refractivity contribution >= 4 is 12.2 Å². The Kier molecular flexibility index (Phi) is 5.48. The number of benzene rings is 1. The summed E-state index contributed by atoms with van der Waals surface area (Å²) in [6.45, 7) is 1.09. The van der Waals surface area contributed by atoms with Crippen LogP contribution in [0.5, 0.6) is 11.5 Å². The Morgan fingerprint density at radius 2 is 2.04 bits per heavy atom. The number of nitrogens with one attached hydrogen (secondary N) is 1. The largest absolute Gasteiger partial charge is 0.497 e.